The van der Waals surface area contributed by atoms with Gasteiger partial charge in [-0.15, -0.1) is 0 Å². The van der Waals surface area contributed by atoms with E-state index in [4.69, 9.17) is 0 Å². The summed E-state index contributed by atoms with van der Waals surface area (Å²) in [6.45, 7) is 1.82. The number of aryl methyl sites for hydroxylation is 2. The van der Waals surface area contributed by atoms with Gasteiger partial charge in [0.15, 0.2) is 0 Å². The molecule has 1 aliphatic heterocycles. The summed E-state index contributed by atoms with van der Waals surface area (Å²) < 4.78 is 2.09. The second kappa shape index (κ2) is 7.90. The third kappa shape index (κ3) is 4.41. The molecule has 23 heavy (non-hydrogen) atoms. The molecule has 0 aliphatic carbocycles. The van der Waals surface area contributed by atoms with Crippen LogP contribution in [0.1, 0.15) is 37.8 Å². The first-order valence-electron chi connectivity index (χ1n) is 8.48. The van der Waals surface area contributed by atoms with Gasteiger partial charge < -0.3 is 9.47 Å². The number of carbonyl (C=O) groups excluding carboxylic acids is 1. The first kappa shape index (κ1) is 15.7. The van der Waals surface area contributed by atoms with Gasteiger partial charge in [0.05, 0.1) is 6.33 Å². The van der Waals surface area contributed by atoms with Gasteiger partial charge in [-0.3, -0.25) is 9.78 Å². The van der Waals surface area contributed by atoms with Crippen molar-refractivity contribution in [2.75, 3.05) is 6.54 Å². The van der Waals surface area contributed by atoms with E-state index in [0.717, 1.165) is 44.5 Å². The van der Waals surface area contributed by atoms with Crippen LogP contribution in [0.3, 0.4) is 0 Å². The smallest absolute Gasteiger partial charge is 0.223 e. The molecule has 1 atom stereocenters. The molecule has 2 aromatic rings. The standard InChI is InChI=1S/C18H24N4O/c23-18(8-7-16-5-1-3-10-20-16)22-12-4-2-6-17(22)9-13-21-14-11-19-15-21/h1,3,5,10-11,14-15,17H,2,4,6-9,12-13H2/t17-/m0/s1. The summed E-state index contributed by atoms with van der Waals surface area (Å²) in [6, 6.07) is 6.23. The van der Waals surface area contributed by atoms with Crippen molar-refractivity contribution in [3.63, 3.8) is 0 Å². The molecule has 0 N–H and O–H groups in total. The Balaban J connectivity index is 1.53. The van der Waals surface area contributed by atoms with Crippen LogP contribution >= 0.6 is 0 Å². The van der Waals surface area contributed by atoms with E-state index in [1.54, 1.807) is 12.4 Å². The highest BCUT2D eigenvalue weighted by atomic mass is 16.2. The third-order valence-corrected chi connectivity index (χ3v) is 4.55. The van der Waals surface area contributed by atoms with E-state index in [0.29, 0.717) is 12.5 Å². The molecule has 5 nitrogen and oxygen atoms in total. The van der Waals surface area contributed by atoms with Crippen LogP contribution in [0.2, 0.25) is 0 Å². The fourth-order valence-electron chi connectivity index (χ4n) is 3.27. The summed E-state index contributed by atoms with van der Waals surface area (Å²) in [5, 5.41) is 0. The lowest BCUT2D eigenvalue weighted by molar-refractivity contribution is -0.135. The molecule has 0 spiro atoms. The Morgan fingerprint density at radius 1 is 1.26 bits per heavy atom. The summed E-state index contributed by atoms with van der Waals surface area (Å²) in [4.78, 5) is 23.1. The predicted octanol–water partition coefficient (Wildman–Crippen LogP) is 2.68. The Bertz CT molecular complexity index is 597. The molecule has 3 heterocycles. The summed E-state index contributed by atoms with van der Waals surface area (Å²) in [7, 11) is 0. The number of imidazole rings is 1. The van der Waals surface area contributed by atoms with Crippen molar-refractivity contribution in [3.8, 4) is 0 Å². The molecule has 2 aromatic heterocycles. The molecule has 0 aromatic carbocycles. The molecule has 0 radical (unpaired) electrons. The highest BCUT2D eigenvalue weighted by Crippen LogP contribution is 2.21. The van der Waals surface area contributed by atoms with Gasteiger partial charge in [0.1, 0.15) is 0 Å². The van der Waals surface area contributed by atoms with Gasteiger partial charge in [-0.2, -0.15) is 0 Å². The lowest BCUT2D eigenvalue weighted by Gasteiger charge is -2.36. The molecular formula is C18H24N4O. The van der Waals surface area contributed by atoms with Crippen molar-refractivity contribution >= 4 is 5.91 Å². The van der Waals surface area contributed by atoms with Crippen LogP contribution in [0.4, 0.5) is 0 Å². The fraction of sp³-hybridized carbons (Fsp3) is 0.500. The Morgan fingerprint density at radius 3 is 3.00 bits per heavy atom. The summed E-state index contributed by atoms with van der Waals surface area (Å²) in [5.74, 6) is 0.269. The molecule has 1 amide bonds. The number of hydrogen-bond donors (Lipinski definition) is 0. The summed E-state index contributed by atoms with van der Waals surface area (Å²) >= 11 is 0. The Morgan fingerprint density at radius 2 is 2.22 bits per heavy atom. The first-order valence-corrected chi connectivity index (χ1v) is 8.48. The van der Waals surface area contributed by atoms with Gasteiger partial charge in [-0.25, -0.2) is 4.98 Å². The minimum atomic E-state index is 0.269. The molecule has 0 bridgehead atoms. The summed E-state index contributed by atoms with van der Waals surface area (Å²) in [5.41, 5.74) is 0.993. The van der Waals surface area contributed by atoms with E-state index in [1.165, 1.54) is 6.42 Å². The number of aromatic nitrogens is 3. The van der Waals surface area contributed by atoms with Crippen molar-refractivity contribution in [2.45, 2.75) is 51.1 Å². The molecule has 0 unspecified atom stereocenters. The van der Waals surface area contributed by atoms with Crippen LogP contribution in [-0.4, -0.2) is 37.9 Å². The van der Waals surface area contributed by atoms with Crippen LogP contribution in [0, 0.1) is 0 Å². The number of pyridine rings is 1. The normalized spacial score (nSPS) is 18.1. The molecule has 5 heteroatoms. The maximum atomic E-state index is 12.6. The number of hydrogen-bond acceptors (Lipinski definition) is 3. The second-order valence-electron chi connectivity index (χ2n) is 6.15. The number of nitrogens with zero attached hydrogens (tertiary/aromatic N) is 4. The van der Waals surface area contributed by atoms with Gasteiger partial charge in [0, 0.05) is 49.8 Å². The third-order valence-electron chi connectivity index (χ3n) is 4.55. The number of amides is 1. The van der Waals surface area contributed by atoms with E-state index in [9.17, 15) is 4.79 Å². The lowest BCUT2D eigenvalue weighted by Crippen LogP contribution is -2.44. The molecule has 3 rings (SSSR count). The maximum absolute atomic E-state index is 12.6. The Hall–Kier alpha value is -2.17. The minimum Gasteiger partial charge on any atom is -0.340 e. The van der Waals surface area contributed by atoms with Crippen molar-refractivity contribution in [3.05, 3.63) is 48.8 Å². The molecular weight excluding hydrogens is 288 g/mol. The SMILES string of the molecule is O=C(CCc1ccccn1)N1CCCC[C@H]1CCn1ccnc1. The molecule has 1 fully saturated rings. The minimum absolute atomic E-state index is 0.269. The monoisotopic (exact) mass is 312 g/mol. The highest BCUT2D eigenvalue weighted by molar-refractivity contribution is 5.76. The van der Waals surface area contributed by atoms with E-state index >= 15 is 0 Å². The average Bonchev–Trinajstić information content (AvgIpc) is 3.12. The number of carbonyl (C=O) groups is 1. The van der Waals surface area contributed by atoms with Crippen LogP contribution in [0.15, 0.2) is 43.1 Å². The van der Waals surface area contributed by atoms with E-state index < -0.39 is 0 Å². The predicted molar refractivity (Wildman–Crippen MR) is 88.8 cm³/mol. The van der Waals surface area contributed by atoms with Gasteiger partial charge in [-0.1, -0.05) is 6.07 Å². The van der Waals surface area contributed by atoms with Crippen LogP contribution < -0.4 is 0 Å². The van der Waals surface area contributed by atoms with Crippen LogP contribution in [0.25, 0.3) is 0 Å². The van der Waals surface area contributed by atoms with Crippen LogP contribution in [-0.2, 0) is 17.8 Å². The summed E-state index contributed by atoms with van der Waals surface area (Å²) in [6.07, 6.45) is 13.2. The number of likely N-dealkylation sites (tertiary alicyclic amines) is 1. The fourth-order valence-corrected chi connectivity index (χ4v) is 3.27. The maximum Gasteiger partial charge on any atom is 0.223 e. The Labute approximate surface area is 137 Å². The lowest BCUT2D eigenvalue weighted by atomic mass is 9.98. The first-order chi connectivity index (χ1) is 11.3. The zero-order valence-corrected chi connectivity index (χ0v) is 13.5. The topological polar surface area (TPSA) is 51.0 Å². The molecule has 0 saturated carbocycles. The van der Waals surface area contributed by atoms with Gasteiger partial charge in [0.25, 0.3) is 0 Å². The van der Waals surface area contributed by atoms with E-state index in [-0.39, 0.29) is 5.91 Å². The zero-order chi connectivity index (χ0) is 15.9. The zero-order valence-electron chi connectivity index (χ0n) is 13.5. The Kier molecular flexibility index (Phi) is 5.40. The molecule has 122 valence electrons. The quantitative estimate of drug-likeness (QED) is 0.824. The van der Waals surface area contributed by atoms with Gasteiger partial charge in [-0.05, 0) is 44.2 Å². The van der Waals surface area contributed by atoms with Gasteiger partial charge >= 0.3 is 0 Å². The van der Waals surface area contributed by atoms with E-state index in [1.807, 2.05) is 30.7 Å². The van der Waals surface area contributed by atoms with Crippen molar-refractivity contribution in [2.24, 2.45) is 0 Å². The van der Waals surface area contributed by atoms with Crippen molar-refractivity contribution < 1.29 is 4.79 Å². The largest absolute Gasteiger partial charge is 0.340 e. The van der Waals surface area contributed by atoms with Crippen LogP contribution in [0.5, 0.6) is 0 Å². The molecule has 1 saturated heterocycles. The highest BCUT2D eigenvalue weighted by Gasteiger charge is 2.26. The van der Waals surface area contributed by atoms with Gasteiger partial charge in [0.2, 0.25) is 5.91 Å². The number of rotatable bonds is 6. The van der Waals surface area contributed by atoms with E-state index in [2.05, 4.69) is 19.4 Å². The van der Waals surface area contributed by atoms with Crippen molar-refractivity contribution in [1.29, 1.82) is 0 Å². The number of piperidine rings is 1. The van der Waals surface area contributed by atoms with Crippen molar-refractivity contribution in [1.82, 2.24) is 19.4 Å². The molecule has 1 aliphatic rings. The second-order valence-corrected chi connectivity index (χ2v) is 6.15. The average molecular weight is 312 g/mol.